The summed E-state index contributed by atoms with van der Waals surface area (Å²) < 4.78 is 16.4. The highest BCUT2D eigenvalue weighted by Crippen LogP contribution is 2.34. The van der Waals surface area contributed by atoms with Crippen LogP contribution in [-0.4, -0.2) is 44.2 Å². The van der Waals surface area contributed by atoms with Gasteiger partial charge in [0.05, 0.1) is 7.11 Å². The van der Waals surface area contributed by atoms with Crippen molar-refractivity contribution in [3.8, 4) is 5.75 Å². The quantitative estimate of drug-likeness (QED) is 0.860. The number of carbonyl (C=O) groups is 1. The molecule has 2 aliphatic rings. The molecule has 124 valence electrons. The molecule has 1 aromatic carbocycles. The Kier molecular flexibility index (Phi) is 4.74. The summed E-state index contributed by atoms with van der Waals surface area (Å²) in [7, 11) is 1.70. The van der Waals surface area contributed by atoms with Crippen molar-refractivity contribution in [2.24, 2.45) is 0 Å². The van der Waals surface area contributed by atoms with Crippen LogP contribution in [0.25, 0.3) is 0 Å². The van der Waals surface area contributed by atoms with E-state index in [0.717, 1.165) is 31.7 Å². The third kappa shape index (κ3) is 3.28. The third-order valence-electron chi connectivity index (χ3n) is 4.52. The fourth-order valence-corrected chi connectivity index (χ4v) is 3.26. The molecule has 0 radical (unpaired) electrons. The van der Waals surface area contributed by atoms with Gasteiger partial charge in [-0.15, -0.1) is 0 Å². The molecule has 23 heavy (non-hydrogen) atoms. The first-order valence-corrected chi connectivity index (χ1v) is 8.09. The largest absolute Gasteiger partial charge is 0.496 e. The first-order chi connectivity index (χ1) is 11.2. The number of amides is 1. The molecule has 1 aromatic rings. The predicted octanol–water partition coefficient (Wildman–Crippen LogP) is 2.68. The Bertz CT molecular complexity index is 603. The number of piperidine rings is 1. The monoisotopic (exact) mass is 317 g/mol. The van der Waals surface area contributed by atoms with E-state index in [4.69, 9.17) is 14.2 Å². The molecular weight excluding hydrogens is 294 g/mol. The van der Waals surface area contributed by atoms with Gasteiger partial charge in [-0.2, -0.15) is 0 Å². The zero-order valence-corrected chi connectivity index (χ0v) is 13.7. The van der Waals surface area contributed by atoms with Crippen molar-refractivity contribution < 1.29 is 19.0 Å². The lowest BCUT2D eigenvalue weighted by atomic mass is 9.88. The molecule has 5 nitrogen and oxygen atoms in total. The molecule has 5 heteroatoms. The molecule has 0 N–H and O–H groups in total. The molecule has 2 heterocycles. The van der Waals surface area contributed by atoms with E-state index in [1.54, 1.807) is 14.0 Å². The van der Waals surface area contributed by atoms with Crippen LogP contribution >= 0.6 is 0 Å². The minimum absolute atomic E-state index is 0.0549. The van der Waals surface area contributed by atoms with Gasteiger partial charge in [0, 0.05) is 13.1 Å². The lowest BCUT2D eigenvalue weighted by Crippen LogP contribution is -2.40. The molecule has 0 spiro atoms. The number of ether oxygens (including phenoxy) is 3. The Balaban J connectivity index is 1.65. The molecule has 0 aliphatic carbocycles. The second kappa shape index (κ2) is 6.94. The molecule has 0 aromatic heterocycles. The maximum atomic E-state index is 12.6. The van der Waals surface area contributed by atoms with Gasteiger partial charge in [-0.25, -0.2) is 0 Å². The van der Waals surface area contributed by atoms with E-state index >= 15 is 0 Å². The minimum atomic E-state index is -0.0549. The Hall–Kier alpha value is -2.17. The number of hydrogen-bond acceptors (Lipinski definition) is 4. The highest BCUT2D eigenvalue weighted by atomic mass is 16.6. The lowest BCUT2D eigenvalue weighted by molar-refractivity contribution is -0.133. The summed E-state index contributed by atoms with van der Waals surface area (Å²) in [5, 5.41) is 0. The van der Waals surface area contributed by atoms with Gasteiger partial charge in [0.25, 0.3) is 5.91 Å². The molecule has 1 saturated heterocycles. The molecule has 1 fully saturated rings. The number of allylic oxidation sites excluding steroid dienone is 1. The topological polar surface area (TPSA) is 48.0 Å². The summed E-state index contributed by atoms with van der Waals surface area (Å²) >= 11 is 0. The highest BCUT2D eigenvalue weighted by molar-refractivity contribution is 5.92. The molecule has 0 atom stereocenters. The summed E-state index contributed by atoms with van der Waals surface area (Å²) in [6, 6.07) is 8.13. The van der Waals surface area contributed by atoms with Crippen LogP contribution in [0.15, 0.2) is 35.8 Å². The van der Waals surface area contributed by atoms with Gasteiger partial charge in [0.15, 0.2) is 0 Å². The normalized spacial score (nSPS) is 19.1. The Morgan fingerprint density at radius 1 is 1.17 bits per heavy atom. The summed E-state index contributed by atoms with van der Waals surface area (Å²) in [6.45, 7) is 4.19. The molecule has 0 unspecified atom stereocenters. The summed E-state index contributed by atoms with van der Waals surface area (Å²) in [4.78, 5) is 14.4. The van der Waals surface area contributed by atoms with Crippen LogP contribution in [0.3, 0.4) is 0 Å². The molecule has 1 amide bonds. The second-order valence-corrected chi connectivity index (χ2v) is 5.89. The maximum absolute atomic E-state index is 12.6. The SMILES string of the molecule is COc1ccccc1C1CCN(C(=O)C2=C(C)OCCO2)CC1. The van der Waals surface area contributed by atoms with Crippen molar-refractivity contribution in [1.29, 1.82) is 0 Å². The van der Waals surface area contributed by atoms with Crippen LogP contribution in [0.1, 0.15) is 31.2 Å². The molecular formula is C18H23NO4. The van der Waals surface area contributed by atoms with Crippen molar-refractivity contribution in [1.82, 2.24) is 4.90 Å². The molecule has 0 bridgehead atoms. The Labute approximate surface area is 136 Å². The number of methoxy groups -OCH3 is 1. The van der Waals surface area contributed by atoms with E-state index in [1.165, 1.54) is 5.56 Å². The van der Waals surface area contributed by atoms with Gasteiger partial charge >= 0.3 is 0 Å². The van der Waals surface area contributed by atoms with Gasteiger partial charge in [0.1, 0.15) is 24.7 Å². The van der Waals surface area contributed by atoms with Crippen LogP contribution < -0.4 is 4.74 Å². The number of benzene rings is 1. The van der Waals surface area contributed by atoms with E-state index in [1.807, 2.05) is 23.1 Å². The van der Waals surface area contributed by atoms with E-state index in [9.17, 15) is 4.79 Å². The first kappa shape index (κ1) is 15.7. The average molecular weight is 317 g/mol. The molecule has 0 saturated carbocycles. The Morgan fingerprint density at radius 3 is 2.57 bits per heavy atom. The van der Waals surface area contributed by atoms with Gasteiger partial charge in [-0.05, 0) is 37.3 Å². The first-order valence-electron chi connectivity index (χ1n) is 8.09. The number of carbonyl (C=O) groups excluding carboxylic acids is 1. The van der Waals surface area contributed by atoms with Crippen molar-refractivity contribution in [2.75, 3.05) is 33.4 Å². The number of rotatable bonds is 3. The van der Waals surface area contributed by atoms with Crippen LogP contribution in [0.2, 0.25) is 0 Å². The van der Waals surface area contributed by atoms with E-state index < -0.39 is 0 Å². The fourth-order valence-electron chi connectivity index (χ4n) is 3.26. The zero-order chi connectivity index (χ0) is 16.2. The number of para-hydroxylation sites is 1. The summed E-state index contributed by atoms with van der Waals surface area (Å²) in [5.74, 6) is 2.26. The third-order valence-corrected chi connectivity index (χ3v) is 4.52. The van der Waals surface area contributed by atoms with Gasteiger partial charge < -0.3 is 19.1 Å². The molecule has 2 aliphatic heterocycles. The fraction of sp³-hybridized carbons (Fsp3) is 0.500. The van der Waals surface area contributed by atoms with Crippen molar-refractivity contribution in [2.45, 2.75) is 25.7 Å². The maximum Gasteiger partial charge on any atom is 0.292 e. The van der Waals surface area contributed by atoms with E-state index in [0.29, 0.717) is 30.6 Å². The van der Waals surface area contributed by atoms with Gasteiger partial charge in [-0.3, -0.25) is 4.79 Å². The average Bonchev–Trinajstić information content (AvgIpc) is 2.61. The van der Waals surface area contributed by atoms with Gasteiger partial charge in [0.2, 0.25) is 5.76 Å². The van der Waals surface area contributed by atoms with Gasteiger partial charge in [-0.1, -0.05) is 18.2 Å². The summed E-state index contributed by atoms with van der Waals surface area (Å²) in [5.41, 5.74) is 1.23. The number of likely N-dealkylation sites (tertiary alicyclic amines) is 1. The predicted molar refractivity (Wildman–Crippen MR) is 86.2 cm³/mol. The number of nitrogens with zero attached hydrogens (tertiary/aromatic N) is 1. The van der Waals surface area contributed by atoms with Crippen molar-refractivity contribution >= 4 is 5.91 Å². The standard InChI is InChI=1S/C18H23NO4/c1-13-17(23-12-11-22-13)18(20)19-9-7-14(8-10-19)15-5-3-4-6-16(15)21-2/h3-6,14H,7-12H2,1-2H3. The van der Waals surface area contributed by atoms with Crippen LogP contribution in [-0.2, 0) is 14.3 Å². The van der Waals surface area contributed by atoms with Crippen LogP contribution in [0, 0.1) is 0 Å². The summed E-state index contributed by atoms with van der Waals surface area (Å²) in [6.07, 6.45) is 1.86. The molecule has 3 rings (SSSR count). The number of hydrogen-bond donors (Lipinski definition) is 0. The second-order valence-electron chi connectivity index (χ2n) is 5.89. The lowest BCUT2D eigenvalue weighted by Gasteiger charge is -2.33. The van der Waals surface area contributed by atoms with Crippen molar-refractivity contribution in [3.05, 3.63) is 41.3 Å². The van der Waals surface area contributed by atoms with Crippen LogP contribution in [0.4, 0.5) is 0 Å². The van der Waals surface area contributed by atoms with Crippen molar-refractivity contribution in [3.63, 3.8) is 0 Å². The zero-order valence-electron chi connectivity index (χ0n) is 13.7. The van der Waals surface area contributed by atoms with E-state index in [-0.39, 0.29) is 5.91 Å². The van der Waals surface area contributed by atoms with Crippen LogP contribution in [0.5, 0.6) is 5.75 Å². The highest BCUT2D eigenvalue weighted by Gasteiger charge is 2.30. The minimum Gasteiger partial charge on any atom is -0.496 e. The smallest absolute Gasteiger partial charge is 0.292 e. The Morgan fingerprint density at radius 2 is 1.87 bits per heavy atom. The van der Waals surface area contributed by atoms with E-state index in [2.05, 4.69) is 6.07 Å².